The third-order valence-electron chi connectivity index (χ3n) is 5.20. The van der Waals surface area contributed by atoms with Gasteiger partial charge in [0, 0.05) is 24.7 Å². The Morgan fingerprint density at radius 1 is 1.04 bits per heavy atom. The molecule has 2 aliphatic rings. The van der Waals surface area contributed by atoms with Crippen LogP contribution < -0.4 is 0 Å². The summed E-state index contributed by atoms with van der Waals surface area (Å²) >= 11 is 6.02. The van der Waals surface area contributed by atoms with Crippen molar-refractivity contribution < 1.29 is 9.59 Å². The monoisotopic (exact) mass is 374 g/mol. The highest BCUT2D eigenvalue weighted by Gasteiger charge is 2.42. The molecule has 140 valence electrons. The van der Waals surface area contributed by atoms with E-state index in [0.29, 0.717) is 34.7 Å². The number of halogens is 1. The SMILES string of the molecule is CCCCN1C(=O)C(c2ccc(Cl)cc2)=C(N2CC(C)CC(C)C2)C1=O. The van der Waals surface area contributed by atoms with Gasteiger partial charge in [-0.15, -0.1) is 0 Å². The Labute approximate surface area is 160 Å². The summed E-state index contributed by atoms with van der Waals surface area (Å²) in [6.07, 6.45) is 2.92. The second kappa shape index (κ2) is 7.83. The number of carbonyl (C=O) groups is 2. The number of rotatable bonds is 5. The lowest BCUT2D eigenvalue weighted by molar-refractivity contribution is -0.137. The van der Waals surface area contributed by atoms with E-state index in [1.807, 2.05) is 12.1 Å². The molecule has 0 N–H and O–H groups in total. The van der Waals surface area contributed by atoms with Crippen molar-refractivity contribution in [2.45, 2.75) is 40.0 Å². The Hall–Kier alpha value is -1.81. The first kappa shape index (κ1) is 19.0. The van der Waals surface area contributed by atoms with Crippen LogP contribution in [-0.2, 0) is 9.59 Å². The molecule has 0 radical (unpaired) electrons. The molecule has 3 rings (SSSR count). The molecule has 2 heterocycles. The van der Waals surface area contributed by atoms with Crippen LogP contribution in [0.2, 0.25) is 5.02 Å². The van der Waals surface area contributed by atoms with Gasteiger partial charge in [-0.2, -0.15) is 0 Å². The van der Waals surface area contributed by atoms with Gasteiger partial charge in [0.2, 0.25) is 0 Å². The van der Waals surface area contributed by atoms with Crippen LogP contribution >= 0.6 is 11.6 Å². The lowest BCUT2D eigenvalue weighted by Gasteiger charge is -2.37. The number of imide groups is 1. The number of carbonyl (C=O) groups excluding carboxylic acids is 2. The van der Waals surface area contributed by atoms with Crippen molar-refractivity contribution in [1.29, 1.82) is 0 Å². The van der Waals surface area contributed by atoms with Crippen LogP contribution in [0.5, 0.6) is 0 Å². The summed E-state index contributed by atoms with van der Waals surface area (Å²) in [7, 11) is 0. The molecule has 0 aromatic heterocycles. The van der Waals surface area contributed by atoms with Crippen LogP contribution in [0, 0.1) is 11.8 Å². The first-order chi connectivity index (χ1) is 12.4. The van der Waals surface area contributed by atoms with Crippen LogP contribution in [0.15, 0.2) is 30.0 Å². The van der Waals surface area contributed by atoms with Crippen molar-refractivity contribution in [1.82, 2.24) is 9.80 Å². The zero-order chi connectivity index (χ0) is 18.8. The van der Waals surface area contributed by atoms with Crippen molar-refractivity contribution >= 4 is 29.0 Å². The minimum Gasteiger partial charge on any atom is -0.366 e. The van der Waals surface area contributed by atoms with Gasteiger partial charge >= 0.3 is 0 Å². The highest BCUT2D eigenvalue weighted by atomic mass is 35.5. The standard InChI is InChI=1S/C21H27ClN2O2/c1-4-5-10-24-20(25)18(16-6-8-17(22)9-7-16)19(21(24)26)23-12-14(2)11-15(3)13-23/h6-9,14-15H,4-5,10-13H2,1-3H3. The minimum atomic E-state index is -0.174. The molecule has 4 nitrogen and oxygen atoms in total. The predicted molar refractivity (Wildman–Crippen MR) is 105 cm³/mol. The molecule has 0 spiro atoms. The molecule has 0 bridgehead atoms. The first-order valence-corrected chi connectivity index (χ1v) is 9.91. The average molecular weight is 375 g/mol. The number of piperidine rings is 1. The summed E-state index contributed by atoms with van der Waals surface area (Å²) < 4.78 is 0. The van der Waals surface area contributed by atoms with Gasteiger partial charge in [-0.05, 0) is 42.4 Å². The topological polar surface area (TPSA) is 40.6 Å². The van der Waals surface area contributed by atoms with Crippen molar-refractivity contribution in [3.8, 4) is 0 Å². The minimum absolute atomic E-state index is 0.144. The van der Waals surface area contributed by atoms with Crippen molar-refractivity contribution in [3.63, 3.8) is 0 Å². The normalized spacial score (nSPS) is 24.0. The van der Waals surface area contributed by atoms with Crippen LogP contribution in [0.25, 0.3) is 5.57 Å². The Morgan fingerprint density at radius 2 is 1.65 bits per heavy atom. The fourth-order valence-electron chi connectivity index (χ4n) is 4.10. The van der Waals surface area contributed by atoms with Gasteiger partial charge in [-0.25, -0.2) is 0 Å². The van der Waals surface area contributed by atoms with Crippen molar-refractivity contribution in [2.75, 3.05) is 19.6 Å². The molecule has 0 saturated carbocycles. The summed E-state index contributed by atoms with van der Waals surface area (Å²) in [5, 5.41) is 0.621. The van der Waals surface area contributed by atoms with Gasteiger partial charge < -0.3 is 4.90 Å². The van der Waals surface area contributed by atoms with E-state index in [9.17, 15) is 9.59 Å². The molecule has 2 unspecified atom stereocenters. The van der Waals surface area contributed by atoms with Crippen molar-refractivity contribution in [3.05, 3.63) is 40.5 Å². The summed E-state index contributed by atoms with van der Waals surface area (Å²) in [6.45, 7) is 8.60. The largest absolute Gasteiger partial charge is 0.366 e. The quantitative estimate of drug-likeness (QED) is 0.725. The fourth-order valence-corrected chi connectivity index (χ4v) is 4.22. The molecule has 5 heteroatoms. The Kier molecular flexibility index (Phi) is 5.71. The van der Waals surface area contributed by atoms with E-state index >= 15 is 0 Å². The highest BCUT2D eigenvalue weighted by Crippen LogP contribution is 2.35. The number of hydrogen-bond acceptors (Lipinski definition) is 3. The molecule has 26 heavy (non-hydrogen) atoms. The molecule has 2 amide bonds. The zero-order valence-corrected chi connectivity index (χ0v) is 16.6. The van der Waals surface area contributed by atoms with Gasteiger partial charge in [0.05, 0.1) is 5.57 Å². The van der Waals surface area contributed by atoms with Gasteiger partial charge in [0.1, 0.15) is 5.70 Å². The van der Waals surface area contributed by atoms with E-state index in [1.54, 1.807) is 12.1 Å². The highest BCUT2D eigenvalue weighted by molar-refractivity contribution is 6.36. The summed E-state index contributed by atoms with van der Waals surface area (Å²) in [5.41, 5.74) is 1.88. The zero-order valence-electron chi connectivity index (χ0n) is 15.8. The number of hydrogen-bond donors (Lipinski definition) is 0. The van der Waals surface area contributed by atoms with Crippen molar-refractivity contribution in [2.24, 2.45) is 11.8 Å². The molecular formula is C21H27ClN2O2. The van der Waals surface area contributed by atoms with Crippen LogP contribution in [0.4, 0.5) is 0 Å². The fraction of sp³-hybridized carbons (Fsp3) is 0.524. The molecule has 1 aromatic carbocycles. The van der Waals surface area contributed by atoms with E-state index in [-0.39, 0.29) is 11.8 Å². The number of amides is 2. The van der Waals surface area contributed by atoms with Gasteiger partial charge in [0.15, 0.2) is 0 Å². The molecule has 0 aliphatic carbocycles. The van der Waals surface area contributed by atoms with Gasteiger partial charge in [0.25, 0.3) is 11.8 Å². The number of unbranched alkanes of at least 4 members (excludes halogenated alkanes) is 1. The first-order valence-electron chi connectivity index (χ1n) is 9.53. The van der Waals surface area contributed by atoms with Gasteiger partial charge in [-0.3, -0.25) is 14.5 Å². The molecule has 1 fully saturated rings. The number of benzene rings is 1. The summed E-state index contributed by atoms with van der Waals surface area (Å²) in [4.78, 5) is 29.8. The summed E-state index contributed by atoms with van der Waals surface area (Å²) in [5.74, 6) is 0.692. The van der Waals surface area contributed by atoms with Crippen LogP contribution in [-0.4, -0.2) is 41.2 Å². The van der Waals surface area contributed by atoms with E-state index < -0.39 is 0 Å². The second-order valence-corrected chi connectivity index (χ2v) is 8.13. The van der Waals surface area contributed by atoms with Crippen LogP contribution in [0.1, 0.15) is 45.6 Å². The molecule has 2 atom stereocenters. The van der Waals surface area contributed by atoms with E-state index in [2.05, 4.69) is 25.7 Å². The lowest BCUT2D eigenvalue weighted by atomic mass is 9.91. The average Bonchev–Trinajstić information content (AvgIpc) is 2.83. The molecule has 1 saturated heterocycles. The Bertz CT molecular complexity index is 716. The molecule has 2 aliphatic heterocycles. The van der Waals surface area contributed by atoms with Gasteiger partial charge in [-0.1, -0.05) is 50.9 Å². The maximum absolute atomic E-state index is 13.2. The summed E-state index contributed by atoms with van der Waals surface area (Å²) in [6, 6.07) is 7.22. The molecular weight excluding hydrogens is 348 g/mol. The Morgan fingerprint density at radius 3 is 2.23 bits per heavy atom. The number of likely N-dealkylation sites (tertiary alicyclic amines) is 1. The second-order valence-electron chi connectivity index (χ2n) is 7.70. The third kappa shape index (κ3) is 3.66. The number of nitrogens with zero attached hydrogens (tertiary/aromatic N) is 2. The predicted octanol–water partition coefficient (Wildman–Crippen LogP) is 4.20. The maximum atomic E-state index is 13.2. The maximum Gasteiger partial charge on any atom is 0.277 e. The van der Waals surface area contributed by atoms with E-state index in [0.717, 1.165) is 37.9 Å². The lowest BCUT2D eigenvalue weighted by Crippen LogP contribution is -2.42. The Balaban J connectivity index is 2.04. The molecule has 1 aromatic rings. The smallest absolute Gasteiger partial charge is 0.277 e. The van der Waals surface area contributed by atoms with E-state index in [1.165, 1.54) is 4.90 Å². The third-order valence-corrected chi connectivity index (χ3v) is 5.45. The van der Waals surface area contributed by atoms with Crippen LogP contribution in [0.3, 0.4) is 0 Å². The van der Waals surface area contributed by atoms with E-state index in [4.69, 9.17) is 11.6 Å².